The number of aliphatic hydroxyl groups is 1. The predicted octanol–water partition coefficient (Wildman–Crippen LogP) is -0.939. The minimum Gasteiger partial charge on any atom is -0.388 e. The molecule has 2 heterocycles. The van der Waals surface area contributed by atoms with Crippen LogP contribution >= 0.6 is 0 Å². The summed E-state index contributed by atoms with van der Waals surface area (Å²) in [6, 6.07) is 0. The van der Waals surface area contributed by atoms with Gasteiger partial charge in [0.15, 0.2) is 0 Å². The SMILES string of the molecule is O=C1C=CC(=O)N1CCC1OCC1O. The second-order valence-corrected chi connectivity index (χ2v) is 3.39. The van der Waals surface area contributed by atoms with Gasteiger partial charge in [0.1, 0.15) is 6.10 Å². The van der Waals surface area contributed by atoms with E-state index in [9.17, 15) is 14.7 Å². The molecule has 0 radical (unpaired) electrons. The Balaban J connectivity index is 1.81. The molecule has 0 bridgehead atoms. The van der Waals surface area contributed by atoms with Gasteiger partial charge in [-0.2, -0.15) is 0 Å². The zero-order valence-electron chi connectivity index (χ0n) is 7.55. The summed E-state index contributed by atoms with van der Waals surface area (Å²) in [5.74, 6) is -0.576. The smallest absolute Gasteiger partial charge is 0.253 e. The van der Waals surface area contributed by atoms with E-state index in [2.05, 4.69) is 0 Å². The number of ether oxygens (including phenoxy) is 1. The topological polar surface area (TPSA) is 66.8 Å². The minimum atomic E-state index is -0.448. The zero-order chi connectivity index (χ0) is 10.1. The van der Waals surface area contributed by atoms with Gasteiger partial charge in [-0.3, -0.25) is 14.5 Å². The molecule has 76 valence electrons. The second kappa shape index (κ2) is 3.51. The Hall–Kier alpha value is -1.20. The Morgan fingerprint density at radius 1 is 1.43 bits per heavy atom. The van der Waals surface area contributed by atoms with E-state index in [0.717, 1.165) is 4.90 Å². The maximum absolute atomic E-state index is 11.1. The van der Waals surface area contributed by atoms with E-state index in [0.29, 0.717) is 19.6 Å². The molecule has 2 amide bonds. The quantitative estimate of drug-likeness (QED) is 0.593. The molecule has 1 N–H and O–H groups in total. The molecule has 0 spiro atoms. The maximum Gasteiger partial charge on any atom is 0.253 e. The van der Waals surface area contributed by atoms with E-state index < -0.39 is 6.10 Å². The first-order chi connectivity index (χ1) is 6.68. The number of rotatable bonds is 3. The van der Waals surface area contributed by atoms with Gasteiger partial charge in [-0.05, 0) is 6.42 Å². The van der Waals surface area contributed by atoms with Gasteiger partial charge in [-0.1, -0.05) is 0 Å². The standard InChI is InChI=1S/C9H11NO4/c11-6-5-14-7(6)3-4-10-8(12)1-2-9(10)13/h1-2,6-7,11H,3-5H2. The highest BCUT2D eigenvalue weighted by Gasteiger charge is 2.32. The van der Waals surface area contributed by atoms with Crippen molar-refractivity contribution in [3.8, 4) is 0 Å². The fourth-order valence-electron chi connectivity index (χ4n) is 1.50. The molecule has 2 rings (SSSR count). The van der Waals surface area contributed by atoms with Crippen LogP contribution in [0.1, 0.15) is 6.42 Å². The Bertz CT molecular complexity index is 281. The molecule has 2 aliphatic rings. The fourth-order valence-corrected chi connectivity index (χ4v) is 1.50. The molecule has 2 aliphatic heterocycles. The molecular formula is C9H11NO4. The van der Waals surface area contributed by atoms with Crippen LogP contribution in [-0.4, -0.2) is 47.2 Å². The molecule has 2 unspecified atom stereocenters. The molecule has 0 aromatic carbocycles. The van der Waals surface area contributed by atoms with Gasteiger partial charge in [-0.15, -0.1) is 0 Å². The summed E-state index contributed by atoms with van der Waals surface area (Å²) in [5.41, 5.74) is 0. The van der Waals surface area contributed by atoms with Gasteiger partial charge in [0.2, 0.25) is 0 Å². The van der Waals surface area contributed by atoms with E-state index >= 15 is 0 Å². The van der Waals surface area contributed by atoms with Crippen LogP contribution in [0.5, 0.6) is 0 Å². The summed E-state index contributed by atoms with van der Waals surface area (Å²) in [6.45, 7) is 0.664. The largest absolute Gasteiger partial charge is 0.388 e. The highest BCUT2D eigenvalue weighted by atomic mass is 16.5. The van der Waals surface area contributed by atoms with Crippen LogP contribution in [0.4, 0.5) is 0 Å². The van der Waals surface area contributed by atoms with Crippen LogP contribution in [0.25, 0.3) is 0 Å². The van der Waals surface area contributed by atoms with Crippen molar-refractivity contribution in [1.29, 1.82) is 0 Å². The molecule has 0 saturated carbocycles. The lowest BCUT2D eigenvalue weighted by molar-refractivity contribution is -0.167. The number of nitrogens with zero attached hydrogens (tertiary/aromatic N) is 1. The Morgan fingerprint density at radius 3 is 2.50 bits per heavy atom. The average molecular weight is 197 g/mol. The van der Waals surface area contributed by atoms with E-state index in [-0.39, 0.29) is 17.9 Å². The minimum absolute atomic E-state index is 0.226. The van der Waals surface area contributed by atoms with Crippen LogP contribution in [0.15, 0.2) is 12.2 Å². The molecule has 0 aromatic rings. The normalized spacial score (nSPS) is 31.1. The molecule has 1 fully saturated rings. The zero-order valence-corrected chi connectivity index (χ0v) is 7.55. The van der Waals surface area contributed by atoms with Gasteiger partial charge in [0.05, 0.1) is 12.7 Å². The van der Waals surface area contributed by atoms with Crippen molar-refractivity contribution in [2.75, 3.05) is 13.2 Å². The first-order valence-corrected chi connectivity index (χ1v) is 4.51. The number of imide groups is 1. The molecule has 0 aliphatic carbocycles. The summed E-state index contributed by atoms with van der Waals surface area (Å²) in [5, 5.41) is 9.18. The fraction of sp³-hybridized carbons (Fsp3) is 0.556. The van der Waals surface area contributed by atoms with Gasteiger partial charge >= 0.3 is 0 Å². The first kappa shape index (κ1) is 9.36. The molecule has 14 heavy (non-hydrogen) atoms. The van der Waals surface area contributed by atoms with E-state index in [1.54, 1.807) is 0 Å². The highest BCUT2D eigenvalue weighted by Crippen LogP contribution is 2.17. The second-order valence-electron chi connectivity index (χ2n) is 3.39. The maximum atomic E-state index is 11.1. The number of carbonyl (C=O) groups excluding carboxylic acids is 2. The third-order valence-electron chi connectivity index (χ3n) is 2.45. The summed E-state index contributed by atoms with van der Waals surface area (Å²) >= 11 is 0. The lowest BCUT2D eigenvalue weighted by Crippen LogP contribution is -2.47. The number of hydrogen-bond donors (Lipinski definition) is 1. The molecule has 2 atom stereocenters. The highest BCUT2D eigenvalue weighted by molar-refractivity contribution is 6.12. The first-order valence-electron chi connectivity index (χ1n) is 4.51. The summed E-state index contributed by atoms with van der Waals surface area (Å²) in [6.07, 6.45) is 2.33. The lowest BCUT2D eigenvalue weighted by Gasteiger charge is -2.33. The summed E-state index contributed by atoms with van der Waals surface area (Å²) in [7, 11) is 0. The average Bonchev–Trinajstić information content (AvgIpc) is 2.46. The van der Waals surface area contributed by atoms with Gasteiger partial charge in [-0.25, -0.2) is 0 Å². The van der Waals surface area contributed by atoms with Crippen LogP contribution < -0.4 is 0 Å². The van der Waals surface area contributed by atoms with Crippen molar-refractivity contribution in [3.63, 3.8) is 0 Å². The van der Waals surface area contributed by atoms with Gasteiger partial charge in [0.25, 0.3) is 11.8 Å². The van der Waals surface area contributed by atoms with Crippen molar-refractivity contribution >= 4 is 11.8 Å². The number of carbonyl (C=O) groups is 2. The third kappa shape index (κ3) is 1.56. The van der Waals surface area contributed by atoms with Crippen molar-refractivity contribution < 1.29 is 19.4 Å². The monoisotopic (exact) mass is 197 g/mol. The van der Waals surface area contributed by atoms with Crippen LogP contribution in [0.3, 0.4) is 0 Å². The van der Waals surface area contributed by atoms with Gasteiger partial charge < -0.3 is 9.84 Å². The van der Waals surface area contributed by atoms with Crippen molar-refractivity contribution in [2.24, 2.45) is 0 Å². The molecule has 0 aromatic heterocycles. The van der Waals surface area contributed by atoms with E-state index in [1.165, 1.54) is 12.2 Å². The number of aliphatic hydroxyl groups excluding tert-OH is 1. The van der Waals surface area contributed by atoms with Crippen molar-refractivity contribution in [2.45, 2.75) is 18.6 Å². The number of amides is 2. The third-order valence-corrected chi connectivity index (χ3v) is 2.45. The molecular weight excluding hydrogens is 186 g/mol. The molecule has 5 nitrogen and oxygen atoms in total. The summed E-state index contributed by atoms with van der Waals surface area (Å²) in [4.78, 5) is 23.3. The van der Waals surface area contributed by atoms with Crippen molar-refractivity contribution in [3.05, 3.63) is 12.2 Å². The predicted molar refractivity (Wildman–Crippen MR) is 46.2 cm³/mol. The van der Waals surface area contributed by atoms with Crippen molar-refractivity contribution in [1.82, 2.24) is 4.90 Å². The Labute approximate surface area is 80.9 Å². The number of hydrogen-bond acceptors (Lipinski definition) is 4. The summed E-state index contributed by atoms with van der Waals surface area (Å²) < 4.78 is 5.05. The van der Waals surface area contributed by atoms with Gasteiger partial charge in [0, 0.05) is 18.7 Å². The Kier molecular flexibility index (Phi) is 2.35. The lowest BCUT2D eigenvalue weighted by atomic mass is 10.1. The van der Waals surface area contributed by atoms with E-state index in [4.69, 9.17) is 4.74 Å². The van der Waals surface area contributed by atoms with Crippen LogP contribution in [0, 0.1) is 0 Å². The van der Waals surface area contributed by atoms with E-state index in [1.807, 2.05) is 0 Å². The molecule has 1 saturated heterocycles. The Morgan fingerprint density at radius 2 is 2.07 bits per heavy atom. The van der Waals surface area contributed by atoms with Crippen LogP contribution in [-0.2, 0) is 14.3 Å². The van der Waals surface area contributed by atoms with Crippen LogP contribution in [0.2, 0.25) is 0 Å². The molecule has 5 heteroatoms.